The van der Waals surface area contributed by atoms with Gasteiger partial charge in [0.05, 0.1) is 32.8 Å². The first-order valence-corrected chi connectivity index (χ1v) is 15.8. The summed E-state index contributed by atoms with van der Waals surface area (Å²) in [5.74, 6) is 0.765. The van der Waals surface area contributed by atoms with Gasteiger partial charge in [0.1, 0.15) is 5.84 Å². The van der Waals surface area contributed by atoms with E-state index in [4.69, 9.17) is 10.4 Å². The average Bonchev–Trinajstić information content (AvgIpc) is 3.65. The van der Waals surface area contributed by atoms with E-state index in [0.717, 1.165) is 39.6 Å². The Morgan fingerprint density at radius 3 is 2.24 bits per heavy atom. The van der Waals surface area contributed by atoms with Crippen molar-refractivity contribution in [1.29, 1.82) is 5.41 Å². The first kappa shape index (κ1) is 25.7. The first-order chi connectivity index (χ1) is 22.2. The summed E-state index contributed by atoms with van der Waals surface area (Å²) in [5, 5.41) is 17.4. The molecule has 1 aliphatic rings. The maximum atomic E-state index is 8.75. The molecule has 0 unspecified atom stereocenters. The highest BCUT2D eigenvalue weighted by Gasteiger charge is 2.20. The lowest BCUT2D eigenvalue weighted by Gasteiger charge is -2.21. The fourth-order valence-electron chi connectivity index (χ4n) is 6.51. The van der Waals surface area contributed by atoms with Gasteiger partial charge in [-0.2, -0.15) is 0 Å². The molecule has 212 valence electrons. The van der Waals surface area contributed by atoms with Gasteiger partial charge in [0.2, 0.25) is 0 Å². The lowest BCUT2D eigenvalue weighted by molar-refractivity contribution is 1.18. The minimum absolute atomic E-state index is 0.448. The molecule has 0 saturated carbocycles. The number of thiophene rings is 1. The van der Waals surface area contributed by atoms with Crippen LogP contribution in [0.2, 0.25) is 0 Å². The van der Waals surface area contributed by atoms with Crippen molar-refractivity contribution in [1.82, 2.24) is 9.88 Å². The summed E-state index contributed by atoms with van der Waals surface area (Å²) < 4.78 is 5.02. The molecule has 0 spiro atoms. The third-order valence-electron chi connectivity index (χ3n) is 8.63. The molecule has 1 aliphatic heterocycles. The summed E-state index contributed by atoms with van der Waals surface area (Å²) in [6.07, 6.45) is 1.89. The number of hydrogen-bond acceptors (Lipinski definition) is 4. The molecule has 2 aromatic heterocycles. The van der Waals surface area contributed by atoms with Gasteiger partial charge in [-0.05, 0) is 54.1 Å². The third-order valence-corrected chi connectivity index (χ3v) is 9.82. The number of para-hydroxylation sites is 2. The van der Waals surface area contributed by atoms with Gasteiger partial charge >= 0.3 is 0 Å². The minimum Gasteiger partial charge on any atom is -0.339 e. The molecule has 45 heavy (non-hydrogen) atoms. The Hall–Kier alpha value is -5.78. The lowest BCUT2D eigenvalue weighted by atomic mass is 10.0. The van der Waals surface area contributed by atoms with Crippen LogP contribution in [0.15, 0.2) is 151 Å². The van der Waals surface area contributed by atoms with E-state index in [-0.39, 0.29) is 0 Å². The van der Waals surface area contributed by atoms with E-state index < -0.39 is 0 Å². The van der Waals surface area contributed by atoms with Gasteiger partial charge < -0.3 is 15.3 Å². The Kier molecular flexibility index (Phi) is 5.80. The van der Waals surface area contributed by atoms with E-state index in [2.05, 4.69) is 94.8 Å². The minimum atomic E-state index is 0.448. The van der Waals surface area contributed by atoms with Crippen molar-refractivity contribution in [3.63, 3.8) is 0 Å². The zero-order valence-corrected chi connectivity index (χ0v) is 25.0. The van der Waals surface area contributed by atoms with Crippen molar-refractivity contribution >= 4 is 76.2 Å². The number of nitrogens with zero attached hydrogens (tertiary/aromatic N) is 2. The molecular weight excluding hydrogens is 569 g/mol. The normalized spacial score (nSPS) is 13.8. The highest BCUT2D eigenvalue weighted by atomic mass is 32.1. The average molecular weight is 595 g/mol. The van der Waals surface area contributed by atoms with E-state index in [1.165, 1.54) is 42.0 Å². The molecule has 3 heterocycles. The predicted octanol–water partition coefficient (Wildman–Crippen LogP) is 10.2. The second-order valence-electron chi connectivity index (χ2n) is 11.3. The summed E-state index contributed by atoms with van der Waals surface area (Å²) in [6, 6.07) is 48.5. The van der Waals surface area contributed by atoms with Gasteiger partial charge in [0.25, 0.3) is 0 Å². The summed E-state index contributed by atoms with van der Waals surface area (Å²) >= 11 is 1.86. The molecule has 0 atom stereocenters. The van der Waals surface area contributed by atoms with Crippen LogP contribution in [0.4, 0.5) is 5.69 Å². The number of rotatable bonds is 4. The van der Waals surface area contributed by atoms with Gasteiger partial charge in [0, 0.05) is 43.1 Å². The summed E-state index contributed by atoms with van der Waals surface area (Å²) in [4.78, 5) is 4.99. The number of aromatic nitrogens is 1. The smallest absolute Gasteiger partial charge is 0.138 e. The fourth-order valence-corrected chi connectivity index (χ4v) is 7.75. The molecule has 0 amide bonds. The summed E-state index contributed by atoms with van der Waals surface area (Å²) in [6.45, 7) is 0. The Bertz CT molecular complexity index is 2510. The standard InChI is InChI=1S/C40H26N4S/c41-33(25-10-2-1-3-11-25)24-35-32-14-4-7-15-34(32)42-40(43-35)26-18-20-27(21-19-26)44-36-16-8-5-12-28(36)30-22-23-31-29-13-6-9-17-37(29)45-39(31)38(30)44/h1-24,41H,(H,42,43)/b35-24-,41-33?. The first-order valence-electron chi connectivity index (χ1n) is 15.0. The van der Waals surface area contributed by atoms with Gasteiger partial charge in [-0.1, -0.05) is 97.1 Å². The molecule has 0 aliphatic carbocycles. The van der Waals surface area contributed by atoms with Crippen molar-refractivity contribution in [2.24, 2.45) is 4.99 Å². The SMILES string of the molecule is N=C(/C=C1\NC(c2ccc(-n3c4ccccc4c4ccc5c6ccccc6sc5c43)cc2)=Nc2ccccc21)c1ccccc1. The van der Waals surface area contributed by atoms with E-state index in [1.807, 2.05) is 72.0 Å². The van der Waals surface area contributed by atoms with Crippen LogP contribution in [-0.2, 0) is 0 Å². The van der Waals surface area contributed by atoms with Crippen molar-refractivity contribution in [3.05, 3.63) is 162 Å². The summed E-state index contributed by atoms with van der Waals surface area (Å²) in [7, 11) is 0. The Morgan fingerprint density at radius 1 is 0.667 bits per heavy atom. The van der Waals surface area contributed by atoms with Crippen LogP contribution in [0.1, 0.15) is 16.7 Å². The molecule has 6 aromatic carbocycles. The van der Waals surface area contributed by atoms with Crippen molar-refractivity contribution < 1.29 is 0 Å². The Morgan fingerprint density at radius 2 is 1.38 bits per heavy atom. The number of allylic oxidation sites excluding steroid dienone is 1. The number of benzene rings is 6. The molecule has 9 rings (SSSR count). The van der Waals surface area contributed by atoms with Crippen LogP contribution in [0.5, 0.6) is 0 Å². The van der Waals surface area contributed by atoms with Gasteiger partial charge in [0.15, 0.2) is 0 Å². The van der Waals surface area contributed by atoms with E-state index >= 15 is 0 Å². The lowest BCUT2D eigenvalue weighted by Crippen LogP contribution is -2.26. The van der Waals surface area contributed by atoms with Crippen LogP contribution in [0, 0.1) is 5.41 Å². The molecule has 0 fully saturated rings. The van der Waals surface area contributed by atoms with Crippen LogP contribution < -0.4 is 5.32 Å². The van der Waals surface area contributed by atoms with E-state index in [1.54, 1.807) is 0 Å². The van der Waals surface area contributed by atoms with Gasteiger partial charge in [-0.25, -0.2) is 4.99 Å². The maximum absolute atomic E-state index is 8.75. The molecule has 5 heteroatoms. The molecule has 0 bridgehead atoms. The highest BCUT2D eigenvalue weighted by molar-refractivity contribution is 7.26. The van der Waals surface area contributed by atoms with Gasteiger partial charge in [-0.15, -0.1) is 11.3 Å². The molecule has 4 nitrogen and oxygen atoms in total. The molecular formula is C40H26N4S. The zero-order chi connectivity index (χ0) is 29.9. The third kappa shape index (κ3) is 4.13. The largest absolute Gasteiger partial charge is 0.339 e. The quantitative estimate of drug-likeness (QED) is 0.196. The monoisotopic (exact) mass is 594 g/mol. The molecule has 2 N–H and O–H groups in total. The number of hydrogen-bond donors (Lipinski definition) is 2. The summed E-state index contributed by atoms with van der Waals surface area (Å²) in [5.41, 5.74) is 8.58. The number of amidine groups is 1. The second-order valence-corrected chi connectivity index (χ2v) is 12.3. The highest BCUT2D eigenvalue weighted by Crippen LogP contribution is 2.43. The Balaban J connectivity index is 1.17. The second kappa shape index (κ2) is 10.2. The number of aliphatic imine (C=N–C) groups is 1. The van der Waals surface area contributed by atoms with Crippen molar-refractivity contribution in [3.8, 4) is 5.69 Å². The van der Waals surface area contributed by atoms with Crippen LogP contribution in [0.25, 0.3) is 53.4 Å². The van der Waals surface area contributed by atoms with E-state index in [0.29, 0.717) is 5.71 Å². The predicted molar refractivity (Wildman–Crippen MR) is 191 cm³/mol. The molecule has 0 radical (unpaired) electrons. The molecule has 8 aromatic rings. The number of fused-ring (bicyclic) bond motifs is 8. The van der Waals surface area contributed by atoms with Crippen LogP contribution >= 0.6 is 11.3 Å². The van der Waals surface area contributed by atoms with Crippen LogP contribution in [0.3, 0.4) is 0 Å². The molecule has 0 saturated heterocycles. The van der Waals surface area contributed by atoms with Crippen molar-refractivity contribution in [2.45, 2.75) is 0 Å². The topological polar surface area (TPSA) is 53.2 Å². The van der Waals surface area contributed by atoms with Crippen LogP contribution in [-0.4, -0.2) is 16.1 Å². The van der Waals surface area contributed by atoms with E-state index in [9.17, 15) is 0 Å². The maximum Gasteiger partial charge on any atom is 0.138 e. The van der Waals surface area contributed by atoms with Crippen molar-refractivity contribution in [2.75, 3.05) is 0 Å². The fraction of sp³-hybridized carbons (Fsp3) is 0. The number of nitrogens with one attached hydrogen (secondary N) is 2. The van der Waals surface area contributed by atoms with Gasteiger partial charge in [-0.3, -0.25) is 0 Å². The zero-order valence-electron chi connectivity index (χ0n) is 24.2. The Labute approximate surface area is 263 Å².